The number of amides is 2. The number of methoxy groups -OCH3 is 1. The van der Waals surface area contributed by atoms with Crippen molar-refractivity contribution in [3.05, 3.63) is 68.0 Å². The lowest BCUT2D eigenvalue weighted by molar-refractivity contribution is -0.395. The minimum Gasteiger partial charge on any atom is -0.497 e. The van der Waals surface area contributed by atoms with E-state index in [1.54, 1.807) is 24.3 Å². The molecule has 12 nitrogen and oxygen atoms in total. The van der Waals surface area contributed by atoms with Crippen LogP contribution in [0.5, 0.6) is 5.75 Å². The third kappa shape index (κ3) is 5.51. The number of carbonyl (C=O) groups is 2. The number of carbonyl (C=O) groups excluding carboxylic acids is 2. The number of nitro groups is 2. The summed E-state index contributed by atoms with van der Waals surface area (Å²) in [4.78, 5) is 44.9. The quantitative estimate of drug-likeness (QED) is 0.380. The summed E-state index contributed by atoms with van der Waals surface area (Å²) in [6.07, 6.45) is 0. The first-order chi connectivity index (χ1) is 15.1. The highest BCUT2D eigenvalue weighted by molar-refractivity contribution is 6.01. The van der Waals surface area contributed by atoms with E-state index in [9.17, 15) is 34.2 Å². The first-order valence-electron chi connectivity index (χ1n) is 9.16. The van der Waals surface area contributed by atoms with E-state index >= 15 is 0 Å². The molecule has 0 unspecified atom stereocenters. The number of anilines is 1. The smallest absolute Gasteiger partial charge is 0.311 e. The number of nitrogens with one attached hydrogen (secondary N) is 2. The molecule has 0 aliphatic heterocycles. The van der Waals surface area contributed by atoms with E-state index in [4.69, 9.17) is 10.5 Å². The van der Waals surface area contributed by atoms with Gasteiger partial charge >= 0.3 is 5.69 Å². The second-order valence-corrected chi connectivity index (χ2v) is 6.62. The zero-order valence-electron chi connectivity index (χ0n) is 17.0. The summed E-state index contributed by atoms with van der Waals surface area (Å²) in [5.74, 6) is -3.19. The number of hydrogen-bond acceptors (Lipinski definition) is 9. The van der Waals surface area contributed by atoms with Gasteiger partial charge in [-0.15, -0.1) is 0 Å². The number of rotatable bonds is 9. The van der Waals surface area contributed by atoms with Crippen molar-refractivity contribution in [2.45, 2.75) is 18.9 Å². The number of hydrogen-bond donors (Lipinski definition) is 3. The molecule has 2 aromatic rings. The fourth-order valence-electron chi connectivity index (χ4n) is 2.80. The Kier molecular flexibility index (Phi) is 7.74. The highest BCUT2D eigenvalue weighted by Crippen LogP contribution is 2.32. The number of nitrogens with two attached hydrogens (primary N) is 1. The minimum atomic E-state index is -1.32. The van der Waals surface area contributed by atoms with Crippen LogP contribution in [0.25, 0.3) is 0 Å². The number of imide groups is 1. The standard InChI is InChI=1S/C19H20FN5O7/c1-10(22-15-7-14(20)16(24(28)29)8-17(15)25(30)31)18(26)23-19(27)13(9-21)11-3-5-12(32-2)6-4-11/h3-8,10,13,22H,9,21H2,1-2H3,(H,23,26,27)/t10-,13-/m0/s1. The van der Waals surface area contributed by atoms with Crippen LogP contribution in [0.15, 0.2) is 36.4 Å². The highest BCUT2D eigenvalue weighted by atomic mass is 19.1. The van der Waals surface area contributed by atoms with Crippen molar-refractivity contribution in [2.24, 2.45) is 5.73 Å². The lowest BCUT2D eigenvalue weighted by Gasteiger charge is -2.18. The van der Waals surface area contributed by atoms with Crippen molar-refractivity contribution >= 4 is 28.9 Å². The van der Waals surface area contributed by atoms with Gasteiger partial charge in [-0.2, -0.15) is 4.39 Å². The molecule has 0 spiro atoms. The third-order valence-electron chi connectivity index (χ3n) is 4.54. The Morgan fingerprint density at radius 3 is 2.19 bits per heavy atom. The van der Waals surface area contributed by atoms with Gasteiger partial charge < -0.3 is 15.8 Å². The second-order valence-electron chi connectivity index (χ2n) is 6.62. The normalized spacial score (nSPS) is 12.4. The van der Waals surface area contributed by atoms with E-state index in [0.29, 0.717) is 23.4 Å². The summed E-state index contributed by atoms with van der Waals surface area (Å²) in [6, 6.07) is 6.24. The monoisotopic (exact) mass is 449 g/mol. The van der Waals surface area contributed by atoms with Crippen molar-refractivity contribution in [1.82, 2.24) is 5.32 Å². The molecule has 0 bridgehead atoms. The number of halogens is 1. The highest BCUT2D eigenvalue weighted by Gasteiger charge is 2.28. The van der Waals surface area contributed by atoms with Gasteiger partial charge in [-0.05, 0) is 24.6 Å². The first kappa shape index (κ1) is 24.1. The minimum absolute atomic E-state index is 0.105. The van der Waals surface area contributed by atoms with E-state index in [-0.39, 0.29) is 6.54 Å². The van der Waals surface area contributed by atoms with Crippen molar-refractivity contribution < 1.29 is 28.6 Å². The Morgan fingerprint density at radius 2 is 1.69 bits per heavy atom. The van der Waals surface area contributed by atoms with Gasteiger partial charge in [0.25, 0.3) is 5.69 Å². The predicted octanol–water partition coefficient (Wildman–Crippen LogP) is 1.84. The van der Waals surface area contributed by atoms with Crippen molar-refractivity contribution in [3.63, 3.8) is 0 Å². The number of nitrogens with zero attached hydrogens (tertiary/aromatic N) is 2. The molecule has 0 radical (unpaired) electrons. The summed E-state index contributed by atoms with van der Waals surface area (Å²) in [7, 11) is 1.48. The van der Waals surface area contributed by atoms with Gasteiger partial charge in [0.2, 0.25) is 17.6 Å². The topological polar surface area (TPSA) is 180 Å². The van der Waals surface area contributed by atoms with Crippen LogP contribution in [0.4, 0.5) is 21.5 Å². The van der Waals surface area contributed by atoms with Gasteiger partial charge in [0.1, 0.15) is 17.5 Å². The van der Waals surface area contributed by atoms with Crippen LogP contribution in [0.1, 0.15) is 18.4 Å². The number of benzene rings is 2. The van der Waals surface area contributed by atoms with E-state index in [1.165, 1.54) is 14.0 Å². The van der Waals surface area contributed by atoms with Crippen LogP contribution in [0, 0.1) is 26.0 Å². The molecule has 2 amide bonds. The SMILES string of the molecule is COc1ccc([C@H](CN)C(=O)NC(=O)[C@H](C)Nc2cc(F)c([N+](=O)[O-])cc2[N+](=O)[O-])cc1. The van der Waals surface area contributed by atoms with E-state index in [2.05, 4.69) is 10.6 Å². The van der Waals surface area contributed by atoms with E-state index in [1.807, 2.05) is 0 Å². The molecule has 170 valence electrons. The maximum Gasteiger partial charge on any atom is 0.311 e. The van der Waals surface area contributed by atoms with Crippen molar-refractivity contribution in [1.29, 1.82) is 0 Å². The molecule has 2 atom stereocenters. The van der Waals surface area contributed by atoms with Gasteiger partial charge in [0, 0.05) is 12.6 Å². The van der Waals surface area contributed by atoms with Crippen LogP contribution < -0.4 is 21.1 Å². The molecule has 32 heavy (non-hydrogen) atoms. The maximum absolute atomic E-state index is 13.9. The lowest BCUT2D eigenvalue weighted by Crippen LogP contribution is -2.44. The fraction of sp³-hybridized carbons (Fsp3) is 0.263. The maximum atomic E-state index is 13.9. The summed E-state index contributed by atoms with van der Waals surface area (Å²) in [5.41, 5.74) is 3.86. The van der Waals surface area contributed by atoms with Crippen LogP contribution >= 0.6 is 0 Å². The molecule has 0 heterocycles. The Bertz CT molecular complexity index is 1050. The number of ether oxygens (including phenoxy) is 1. The molecule has 0 fully saturated rings. The molecule has 0 saturated heterocycles. The molecule has 2 rings (SSSR count). The number of nitro benzene ring substituents is 2. The zero-order valence-corrected chi connectivity index (χ0v) is 17.0. The summed E-state index contributed by atoms with van der Waals surface area (Å²) < 4.78 is 19.0. The zero-order chi connectivity index (χ0) is 24.0. The van der Waals surface area contributed by atoms with Crippen LogP contribution in [-0.2, 0) is 9.59 Å². The molecule has 0 aromatic heterocycles. The van der Waals surface area contributed by atoms with E-state index < -0.39 is 56.5 Å². The molecule has 0 aliphatic rings. The predicted molar refractivity (Wildman–Crippen MR) is 111 cm³/mol. The third-order valence-corrected chi connectivity index (χ3v) is 4.54. The van der Waals surface area contributed by atoms with Gasteiger partial charge in [-0.3, -0.25) is 35.1 Å². The van der Waals surface area contributed by atoms with Crippen LogP contribution in [0.3, 0.4) is 0 Å². The van der Waals surface area contributed by atoms with Crippen LogP contribution in [0.2, 0.25) is 0 Å². The average molecular weight is 449 g/mol. The van der Waals surface area contributed by atoms with Gasteiger partial charge in [-0.1, -0.05) is 12.1 Å². The summed E-state index contributed by atoms with van der Waals surface area (Å²) in [5, 5.41) is 26.6. The van der Waals surface area contributed by atoms with E-state index in [0.717, 1.165) is 0 Å². The lowest BCUT2D eigenvalue weighted by atomic mass is 9.98. The largest absolute Gasteiger partial charge is 0.497 e. The molecule has 0 saturated carbocycles. The van der Waals surface area contributed by atoms with Gasteiger partial charge in [0.05, 0.1) is 28.9 Å². The van der Waals surface area contributed by atoms with Crippen molar-refractivity contribution in [3.8, 4) is 5.75 Å². The molecule has 2 aromatic carbocycles. The molecular weight excluding hydrogens is 429 g/mol. The fourth-order valence-corrected chi connectivity index (χ4v) is 2.80. The van der Waals surface area contributed by atoms with Gasteiger partial charge in [0.15, 0.2) is 0 Å². The summed E-state index contributed by atoms with van der Waals surface area (Å²) in [6.45, 7) is 1.17. The average Bonchev–Trinajstić information content (AvgIpc) is 2.74. The first-order valence-corrected chi connectivity index (χ1v) is 9.16. The Morgan fingerprint density at radius 1 is 1.09 bits per heavy atom. The Labute approximate surface area is 180 Å². The second kappa shape index (κ2) is 10.3. The molecule has 13 heteroatoms. The summed E-state index contributed by atoms with van der Waals surface area (Å²) >= 11 is 0. The molecule has 4 N–H and O–H groups in total. The van der Waals surface area contributed by atoms with Crippen LogP contribution in [-0.4, -0.2) is 41.4 Å². The van der Waals surface area contributed by atoms with Gasteiger partial charge in [-0.25, -0.2) is 0 Å². The molecular formula is C19H20FN5O7. The Hall–Kier alpha value is -4.13. The molecule has 0 aliphatic carbocycles. The Balaban J connectivity index is 2.16. The van der Waals surface area contributed by atoms with Crippen molar-refractivity contribution in [2.75, 3.05) is 19.0 Å².